The highest BCUT2D eigenvalue weighted by Gasteiger charge is 2.46. The van der Waals surface area contributed by atoms with E-state index in [0.29, 0.717) is 23.0 Å². The van der Waals surface area contributed by atoms with Crippen molar-refractivity contribution in [3.63, 3.8) is 0 Å². The smallest absolute Gasteiger partial charge is 0.159 e. The molecule has 1 heteroatoms. The van der Waals surface area contributed by atoms with Gasteiger partial charge in [0.2, 0.25) is 0 Å². The van der Waals surface area contributed by atoms with Crippen LogP contribution in [0.25, 0.3) is 0 Å². The fraction of sp³-hybridized carbons (Fsp3) is 0.750. The molecule has 0 aliphatic heterocycles. The predicted molar refractivity (Wildman–Crippen MR) is 88.0 cm³/mol. The zero-order valence-corrected chi connectivity index (χ0v) is 14.3. The molecule has 1 saturated carbocycles. The van der Waals surface area contributed by atoms with Gasteiger partial charge in [0.1, 0.15) is 0 Å². The van der Waals surface area contributed by atoms with Crippen molar-refractivity contribution in [1.29, 1.82) is 0 Å². The minimum Gasteiger partial charge on any atom is -0.295 e. The Kier molecular flexibility index (Phi) is 3.66. The van der Waals surface area contributed by atoms with Gasteiger partial charge in [-0.3, -0.25) is 4.79 Å². The van der Waals surface area contributed by atoms with Gasteiger partial charge in [-0.2, -0.15) is 0 Å². The number of fused-ring (bicyclic) bond motifs is 2. The lowest BCUT2D eigenvalue weighted by Gasteiger charge is -2.41. The van der Waals surface area contributed by atoms with Crippen molar-refractivity contribution in [2.45, 2.75) is 66.7 Å². The Balaban J connectivity index is 1.98. The minimum absolute atomic E-state index is 0.367. The molecule has 3 aliphatic carbocycles. The van der Waals surface area contributed by atoms with Gasteiger partial charge in [-0.15, -0.1) is 0 Å². The van der Waals surface area contributed by atoms with Gasteiger partial charge in [0.05, 0.1) is 0 Å². The Morgan fingerprint density at radius 3 is 2.71 bits per heavy atom. The molecule has 3 rings (SSSR count). The van der Waals surface area contributed by atoms with Crippen molar-refractivity contribution in [2.75, 3.05) is 0 Å². The molecule has 21 heavy (non-hydrogen) atoms. The van der Waals surface area contributed by atoms with Gasteiger partial charge >= 0.3 is 0 Å². The van der Waals surface area contributed by atoms with Crippen molar-refractivity contribution in [3.05, 3.63) is 22.8 Å². The standard InChI is InChI=1S/C20H30O/c1-12(2)18-7-6-15-10-17-14(4)19(21)11-16(17)13(3)8-9-20(15,18)5/h6,12-13,16,18H,7-11H2,1-5H3/t13-,16-,18+,20-/m1/s1. The Labute approximate surface area is 129 Å². The molecule has 1 fully saturated rings. The van der Waals surface area contributed by atoms with Crippen LogP contribution in [0.4, 0.5) is 0 Å². The summed E-state index contributed by atoms with van der Waals surface area (Å²) >= 11 is 0. The lowest BCUT2D eigenvalue weighted by molar-refractivity contribution is -0.115. The molecule has 0 bridgehead atoms. The van der Waals surface area contributed by atoms with E-state index >= 15 is 0 Å². The summed E-state index contributed by atoms with van der Waals surface area (Å²) in [5.74, 6) is 3.13. The average molecular weight is 286 g/mol. The molecule has 0 aromatic heterocycles. The highest BCUT2D eigenvalue weighted by molar-refractivity contribution is 5.98. The van der Waals surface area contributed by atoms with Gasteiger partial charge in [-0.25, -0.2) is 0 Å². The maximum absolute atomic E-state index is 12.2. The molecule has 0 aromatic rings. The van der Waals surface area contributed by atoms with E-state index in [1.165, 1.54) is 24.8 Å². The first-order chi connectivity index (χ1) is 9.84. The maximum atomic E-state index is 12.2. The quantitative estimate of drug-likeness (QED) is 0.596. The summed E-state index contributed by atoms with van der Waals surface area (Å²) in [5, 5.41) is 0. The first-order valence-electron chi connectivity index (χ1n) is 8.77. The fourth-order valence-corrected chi connectivity index (χ4v) is 5.30. The number of hydrogen-bond donors (Lipinski definition) is 0. The molecule has 0 N–H and O–H groups in total. The number of carbonyl (C=O) groups excluding carboxylic acids is 1. The normalized spacial score (nSPS) is 40.0. The van der Waals surface area contributed by atoms with E-state index in [4.69, 9.17) is 0 Å². The van der Waals surface area contributed by atoms with E-state index < -0.39 is 0 Å². The van der Waals surface area contributed by atoms with Crippen LogP contribution in [0.2, 0.25) is 0 Å². The van der Waals surface area contributed by atoms with Crippen LogP contribution in [0.5, 0.6) is 0 Å². The van der Waals surface area contributed by atoms with E-state index in [9.17, 15) is 4.79 Å². The summed E-state index contributed by atoms with van der Waals surface area (Å²) in [6.45, 7) is 11.7. The molecular formula is C20H30O. The Hall–Kier alpha value is -0.850. The van der Waals surface area contributed by atoms with Crippen molar-refractivity contribution in [2.24, 2.45) is 29.1 Å². The van der Waals surface area contributed by atoms with Gasteiger partial charge in [0.25, 0.3) is 0 Å². The van der Waals surface area contributed by atoms with Gasteiger partial charge in [-0.05, 0) is 67.3 Å². The van der Waals surface area contributed by atoms with Gasteiger partial charge in [0, 0.05) is 6.42 Å². The van der Waals surface area contributed by atoms with E-state index in [1.54, 1.807) is 5.57 Å². The molecule has 0 spiro atoms. The second-order valence-electron chi connectivity index (χ2n) is 8.31. The van der Waals surface area contributed by atoms with Crippen LogP contribution in [-0.4, -0.2) is 5.78 Å². The van der Waals surface area contributed by atoms with Crippen LogP contribution in [0, 0.1) is 29.1 Å². The molecule has 0 heterocycles. The number of hydrogen-bond acceptors (Lipinski definition) is 1. The third-order valence-electron chi connectivity index (χ3n) is 6.91. The fourth-order valence-electron chi connectivity index (χ4n) is 5.30. The van der Waals surface area contributed by atoms with E-state index in [0.717, 1.165) is 30.3 Å². The van der Waals surface area contributed by atoms with E-state index in [1.807, 2.05) is 0 Å². The summed E-state index contributed by atoms with van der Waals surface area (Å²) in [6.07, 6.45) is 8.18. The molecular weight excluding hydrogens is 256 g/mol. The van der Waals surface area contributed by atoms with Gasteiger partial charge in [0.15, 0.2) is 5.78 Å². The van der Waals surface area contributed by atoms with Crippen molar-refractivity contribution < 1.29 is 4.79 Å². The summed E-state index contributed by atoms with van der Waals surface area (Å²) in [6, 6.07) is 0. The first-order valence-corrected chi connectivity index (χ1v) is 8.77. The largest absolute Gasteiger partial charge is 0.295 e. The van der Waals surface area contributed by atoms with Gasteiger partial charge < -0.3 is 0 Å². The molecule has 0 radical (unpaired) electrons. The Bertz CT molecular complexity index is 522. The van der Waals surface area contributed by atoms with E-state index in [2.05, 4.69) is 40.7 Å². The molecule has 1 nitrogen and oxygen atoms in total. The summed E-state index contributed by atoms with van der Waals surface area (Å²) in [7, 11) is 0. The molecule has 0 saturated heterocycles. The molecule has 0 unspecified atom stereocenters. The second-order valence-corrected chi connectivity index (χ2v) is 8.31. The van der Waals surface area contributed by atoms with Crippen LogP contribution in [0.3, 0.4) is 0 Å². The van der Waals surface area contributed by atoms with Crippen LogP contribution < -0.4 is 0 Å². The lowest BCUT2D eigenvalue weighted by atomic mass is 9.63. The predicted octanol–water partition coefficient (Wildman–Crippen LogP) is 5.32. The van der Waals surface area contributed by atoms with E-state index in [-0.39, 0.29) is 0 Å². The number of allylic oxidation sites excluding steroid dienone is 4. The zero-order chi connectivity index (χ0) is 15.4. The summed E-state index contributed by atoms with van der Waals surface area (Å²) < 4.78 is 0. The summed E-state index contributed by atoms with van der Waals surface area (Å²) in [5.41, 5.74) is 4.58. The summed E-state index contributed by atoms with van der Waals surface area (Å²) in [4.78, 5) is 12.2. The number of carbonyl (C=O) groups is 1. The molecule has 3 aliphatic rings. The first kappa shape index (κ1) is 15.1. The molecule has 0 amide bonds. The molecule has 4 atom stereocenters. The van der Waals surface area contributed by atoms with Crippen molar-refractivity contribution in [3.8, 4) is 0 Å². The maximum Gasteiger partial charge on any atom is 0.159 e. The van der Waals surface area contributed by atoms with Crippen molar-refractivity contribution >= 4 is 5.78 Å². The van der Waals surface area contributed by atoms with Crippen LogP contribution >= 0.6 is 0 Å². The van der Waals surface area contributed by atoms with Crippen LogP contribution in [0.1, 0.15) is 66.7 Å². The topological polar surface area (TPSA) is 17.1 Å². The van der Waals surface area contributed by atoms with Crippen LogP contribution in [-0.2, 0) is 4.79 Å². The van der Waals surface area contributed by atoms with Gasteiger partial charge in [-0.1, -0.05) is 44.9 Å². The lowest BCUT2D eigenvalue weighted by Crippen LogP contribution is -2.32. The zero-order valence-electron chi connectivity index (χ0n) is 14.3. The molecule has 116 valence electrons. The van der Waals surface area contributed by atoms with Crippen molar-refractivity contribution in [1.82, 2.24) is 0 Å². The van der Waals surface area contributed by atoms with Crippen LogP contribution in [0.15, 0.2) is 22.8 Å². The highest BCUT2D eigenvalue weighted by atomic mass is 16.1. The SMILES string of the molecule is CC1=C2CC3=CC[C@@H](C(C)C)[C@]3(C)CC[C@@H](C)[C@H]2CC1=O. The third-order valence-corrected chi connectivity index (χ3v) is 6.91. The average Bonchev–Trinajstić information content (AvgIpc) is 2.88. The monoisotopic (exact) mass is 286 g/mol. The molecule has 0 aromatic carbocycles. The highest BCUT2D eigenvalue weighted by Crippen LogP contribution is 2.56. The number of Topliss-reactive ketones (excluding diaryl/α,β-unsaturated/α-hetero) is 1. The number of rotatable bonds is 1. The number of ketones is 1. The third kappa shape index (κ3) is 2.24. The minimum atomic E-state index is 0.367. The second kappa shape index (κ2) is 5.11. The Morgan fingerprint density at radius 1 is 1.33 bits per heavy atom. The Morgan fingerprint density at radius 2 is 2.05 bits per heavy atom.